The average molecular weight is 307 g/mol. The minimum Gasteiger partial charge on any atom is -0.397 e. The number of nitrogens with two attached hydrogens (primary N) is 1. The fourth-order valence-corrected chi connectivity index (χ4v) is 1.99. The Balaban J connectivity index is 1.85. The summed E-state index contributed by atoms with van der Waals surface area (Å²) in [5.74, 6) is -0.173. The summed E-state index contributed by atoms with van der Waals surface area (Å²) in [4.78, 5) is 23.3. The van der Waals surface area contributed by atoms with Crippen molar-refractivity contribution in [1.29, 1.82) is 0 Å². The first-order chi connectivity index (χ1) is 10.1. The Bertz CT molecular complexity index is 699. The summed E-state index contributed by atoms with van der Waals surface area (Å²) >= 11 is 5.79. The van der Waals surface area contributed by atoms with Gasteiger partial charge in [-0.2, -0.15) is 5.10 Å². The molecule has 6 nitrogen and oxygen atoms in total. The average Bonchev–Trinajstić information content (AvgIpc) is 2.44. The first kappa shape index (κ1) is 15.1. The number of halogens is 1. The number of aromatic nitrogens is 2. The second kappa shape index (κ2) is 6.90. The Morgan fingerprint density at radius 3 is 2.90 bits per heavy atom. The number of amides is 1. The molecule has 7 heteroatoms. The monoisotopic (exact) mass is 306 g/mol. The molecule has 0 bridgehead atoms. The van der Waals surface area contributed by atoms with Gasteiger partial charge in [0.25, 0.3) is 5.56 Å². The molecule has 2 aromatic rings. The molecule has 0 radical (unpaired) electrons. The number of nitrogens with one attached hydrogen (secondary N) is 1. The van der Waals surface area contributed by atoms with Gasteiger partial charge in [0.15, 0.2) is 0 Å². The van der Waals surface area contributed by atoms with Crippen molar-refractivity contribution < 1.29 is 4.79 Å². The molecule has 1 amide bonds. The number of carbonyl (C=O) groups excluding carboxylic acids is 1. The van der Waals surface area contributed by atoms with E-state index in [2.05, 4.69) is 10.4 Å². The van der Waals surface area contributed by atoms with E-state index < -0.39 is 0 Å². The van der Waals surface area contributed by atoms with E-state index in [0.29, 0.717) is 29.4 Å². The van der Waals surface area contributed by atoms with E-state index >= 15 is 0 Å². The number of nitrogens with zero attached hydrogens (tertiary/aromatic N) is 2. The summed E-state index contributed by atoms with van der Waals surface area (Å²) in [6.45, 7) is 0.392. The van der Waals surface area contributed by atoms with Crippen LogP contribution < -0.4 is 16.6 Å². The summed E-state index contributed by atoms with van der Waals surface area (Å²) in [5.41, 5.74) is 6.51. The van der Waals surface area contributed by atoms with E-state index in [4.69, 9.17) is 17.3 Å². The predicted octanol–water partition coefficient (Wildman–Crippen LogP) is 1.90. The number of hydrogen-bond acceptors (Lipinski definition) is 4. The molecule has 0 atom stereocenters. The van der Waals surface area contributed by atoms with Crippen LogP contribution in [0, 0.1) is 0 Å². The summed E-state index contributed by atoms with van der Waals surface area (Å²) in [5, 5.41) is 7.14. The molecule has 0 saturated heterocycles. The van der Waals surface area contributed by atoms with Crippen LogP contribution in [0.1, 0.15) is 12.8 Å². The van der Waals surface area contributed by atoms with Crippen LogP contribution >= 0.6 is 11.6 Å². The molecular weight excluding hydrogens is 292 g/mol. The van der Waals surface area contributed by atoms with Crippen molar-refractivity contribution in [2.75, 3.05) is 11.1 Å². The van der Waals surface area contributed by atoms with E-state index in [1.807, 2.05) is 0 Å². The van der Waals surface area contributed by atoms with E-state index in [0.717, 1.165) is 0 Å². The number of benzene rings is 1. The molecule has 110 valence electrons. The summed E-state index contributed by atoms with van der Waals surface area (Å²) in [6, 6.07) is 7.89. The van der Waals surface area contributed by atoms with Gasteiger partial charge in [0.1, 0.15) is 0 Å². The highest BCUT2D eigenvalue weighted by Gasteiger charge is 2.06. The number of anilines is 2. The first-order valence-electron chi connectivity index (χ1n) is 6.43. The Morgan fingerprint density at radius 2 is 2.19 bits per heavy atom. The second-order valence-corrected chi connectivity index (χ2v) is 4.90. The number of carbonyl (C=O) groups is 1. The number of hydrogen-bond donors (Lipinski definition) is 2. The molecule has 0 aliphatic rings. The van der Waals surface area contributed by atoms with Gasteiger partial charge in [-0.15, -0.1) is 0 Å². The lowest BCUT2D eigenvalue weighted by molar-refractivity contribution is -0.116. The van der Waals surface area contributed by atoms with Gasteiger partial charge in [-0.1, -0.05) is 11.6 Å². The normalized spacial score (nSPS) is 10.3. The molecule has 2 rings (SSSR count). The zero-order valence-electron chi connectivity index (χ0n) is 11.3. The van der Waals surface area contributed by atoms with Crippen molar-refractivity contribution >= 4 is 28.9 Å². The second-order valence-electron chi connectivity index (χ2n) is 4.47. The van der Waals surface area contributed by atoms with Gasteiger partial charge in [-0.25, -0.2) is 4.68 Å². The first-order valence-corrected chi connectivity index (χ1v) is 6.81. The smallest absolute Gasteiger partial charge is 0.266 e. The van der Waals surface area contributed by atoms with Gasteiger partial charge in [0.2, 0.25) is 5.91 Å². The molecule has 0 aliphatic carbocycles. The number of aryl methyl sites for hydroxylation is 1. The van der Waals surface area contributed by atoms with Crippen molar-refractivity contribution in [2.45, 2.75) is 19.4 Å². The molecule has 0 unspecified atom stereocenters. The van der Waals surface area contributed by atoms with Crippen molar-refractivity contribution in [3.8, 4) is 0 Å². The quantitative estimate of drug-likeness (QED) is 0.826. The van der Waals surface area contributed by atoms with Crippen LogP contribution in [0.3, 0.4) is 0 Å². The van der Waals surface area contributed by atoms with Crippen LogP contribution in [-0.2, 0) is 11.3 Å². The summed E-state index contributed by atoms with van der Waals surface area (Å²) < 4.78 is 1.32. The van der Waals surface area contributed by atoms with Crippen molar-refractivity contribution in [3.63, 3.8) is 0 Å². The fraction of sp³-hybridized carbons (Fsp3) is 0.214. The molecule has 3 N–H and O–H groups in total. The molecule has 0 fully saturated rings. The minimum atomic E-state index is -0.181. The standard InChI is InChI=1S/C14H15ClN4O2/c15-10-5-6-12(11(16)9-10)18-13(20)3-2-8-19-14(21)4-1-7-17-19/h1,4-7,9H,2-3,8,16H2,(H,18,20). The molecular formula is C14H15ClN4O2. The fourth-order valence-electron chi connectivity index (χ4n) is 1.80. The molecule has 0 spiro atoms. The molecule has 1 aromatic heterocycles. The minimum absolute atomic E-state index is 0.173. The van der Waals surface area contributed by atoms with E-state index in [1.54, 1.807) is 24.3 Å². The number of rotatable bonds is 5. The van der Waals surface area contributed by atoms with Crippen LogP contribution in [0.25, 0.3) is 0 Å². The Hall–Kier alpha value is -2.34. The van der Waals surface area contributed by atoms with Crippen molar-refractivity contribution in [3.05, 3.63) is 51.9 Å². The van der Waals surface area contributed by atoms with Gasteiger partial charge >= 0.3 is 0 Å². The zero-order valence-corrected chi connectivity index (χ0v) is 12.0. The predicted molar refractivity (Wildman–Crippen MR) is 82.2 cm³/mol. The highest BCUT2D eigenvalue weighted by Crippen LogP contribution is 2.22. The topological polar surface area (TPSA) is 90.0 Å². The third kappa shape index (κ3) is 4.32. The molecule has 0 aliphatic heterocycles. The van der Waals surface area contributed by atoms with Gasteiger partial charge in [-0.05, 0) is 30.7 Å². The maximum Gasteiger partial charge on any atom is 0.266 e. The van der Waals surface area contributed by atoms with E-state index in [1.165, 1.54) is 16.9 Å². The molecule has 1 heterocycles. The van der Waals surface area contributed by atoms with E-state index in [9.17, 15) is 9.59 Å². The molecule has 21 heavy (non-hydrogen) atoms. The SMILES string of the molecule is Nc1cc(Cl)ccc1NC(=O)CCCn1ncccc1=O. The van der Waals surface area contributed by atoms with Crippen LogP contribution in [0.15, 0.2) is 41.3 Å². The maximum absolute atomic E-state index is 11.8. The lowest BCUT2D eigenvalue weighted by atomic mass is 10.2. The van der Waals surface area contributed by atoms with Gasteiger partial charge in [0.05, 0.1) is 11.4 Å². The van der Waals surface area contributed by atoms with Gasteiger partial charge in [0, 0.05) is 30.3 Å². The zero-order chi connectivity index (χ0) is 15.2. The third-order valence-electron chi connectivity index (χ3n) is 2.85. The van der Waals surface area contributed by atoms with Crippen LogP contribution in [0.4, 0.5) is 11.4 Å². The maximum atomic E-state index is 11.8. The lowest BCUT2D eigenvalue weighted by Crippen LogP contribution is -2.22. The van der Waals surface area contributed by atoms with Crippen LogP contribution in [0.5, 0.6) is 0 Å². The third-order valence-corrected chi connectivity index (χ3v) is 3.08. The largest absolute Gasteiger partial charge is 0.397 e. The van der Waals surface area contributed by atoms with Crippen LogP contribution in [0.2, 0.25) is 5.02 Å². The van der Waals surface area contributed by atoms with Crippen LogP contribution in [-0.4, -0.2) is 15.7 Å². The number of nitrogen functional groups attached to an aromatic ring is 1. The Labute approximate surface area is 126 Å². The summed E-state index contributed by atoms with van der Waals surface area (Å²) in [6.07, 6.45) is 2.32. The van der Waals surface area contributed by atoms with Gasteiger partial charge in [-0.3, -0.25) is 9.59 Å². The van der Waals surface area contributed by atoms with Crippen molar-refractivity contribution in [1.82, 2.24) is 9.78 Å². The summed E-state index contributed by atoms with van der Waals surface area (Å²) in [7, 11) is 0. The Morgan fingerprint density at radius 1 is 1.38 bits per heavy atom. The molecule has 0 saturated carbocycles. The Kier molecular flexibility index (Phi) is 4.94. The highest BCUT2D eigenvalue weighted by atomic mass is 35.5. The highest BCUT2D eigenvalue weighted by molar-refractivity contribution is 6.31. The lowest BCUT2D eigenvalue weighted by Gasteiger charge is -2.08. The van der Waals surface area contributed by atoms with Gasteiger partial charge < -0.3 is 11.1 Å². The van der Waals surface area contributed by atoms with E-state index in [-0.39, 0.29) is 17.9 Å². The van der Waals surface area contributed by atoms with Crippen molar-refractivity contribution in [2.24, 2.45) is 0 Å². The molecule has 1 aromatic carbocycles.